The number of carbonyl (C=O) groups is 2. The molecule has 1 N–H and O–H groups in total. The number of piperidine rings is 1. The first-order valence-corrected chi connectivity index (χ1v) is 12.4. The van der Waals surface area contributed by atoms with Crippen molar-refractivity contribution in [2.24, 2.45) is 5.92 Å². The number of nitrogens with zero attached hydrogens (tertiary/aromatic N) is 4. The molecule has 3 saturated heterocycles. The number of piperazine rings is 1. The van der Waals surface area contributed by atoms with Crippen molar-refractivity contribution in [3.63, 3.8) is 0 Å². The van der Waals surface area contributed by atoms with Gasteiger partial charge in [0.05, 0.1) is 12.6 Å². The molecular weight excluding hydrogens is 396 g/mol. The lowest BCUT2D eigenvalue weighted by Crippen LogP contribution is -2.54. The van der Waals surface area contributed by atoms with Crippen LogP contribution in [0.5, 0.6) is 0 Å². The Balaban J connectivity index is 1.20. The number of hydrogen-bond donors (Lipinski definition) is 1. The number of likely N-dealkylation sites (tertiary alicyclic amines) is 1. The van der Waals surface area contributed by atoms with Crippen LogP contribution >= 0.6 is 0 Å². The molecule has 0 bridgehead atoms. The van der Waals surface area contributed by atoms with Crippen LogP contribution in [0.4, 0.5) is 4.79 Å². The van der Waals surface area contributed by atoms with Crippen molar-refractivity contribution < 1.29 is 19.4 Å². The van der Waals surface area contributed by atoms with Gasteiger partial charge >= 0.3 is 12.1 Å². The van der Waals surface area contributed by atoms with Crippen molar-refractivity contribution in [3.05, 3.63) is 0 Å². The Hall–Kier alpha value is -1.38. The average molecular weight is 437 g/mol. The van der Waals surface area contributed by atoms with E-state index in [4.69, 9.17) is 9.84 Å². The number of carbonyl (C=O) groups excluding carboxylic acids is 1. The van der Waals surface area contributed by atoms with Gasteiger partial charge in [0, 0.05) is 39.3 Å². The molecule has 0 radical (unpaired) electrons. The van der Waals surface area contributed by atoms with Gasteiger partial charge in [0.15, 0.2) is 6.23 Å². The normalized spacial score (nSPS) is 30.2. The van der Waals surface area contributed by atoms with Gasteiger partial charge < -0.3 is 19.6 Å². The van der Waals surface area contributed by atoms with Gasteiger partial charge in [0.25, 0.3) is 0 Å². The summed E-state index contributed by atoms with van der Waals surface area (Å²) >= 11 is 0. The first kappa shape index (κ1) is 22.8. The Kier molecular flexibility index (Phi) is 7.72. The van der Waals surface area contributed by atoms with Crippen LogP contribution < -0.4 is 0 Å². The maximum Gasteiger partial charge on any atom is 0.411 e. The molecule has 8 heteroatoms. The van der Waals surface area contributed by atoms with Gasteiger partial charge in [-0.2, -0.15) is 0 Å². The van der Waals surface area contributed by atoms with Gasteiger partial charge in [-0.3, -0.25) is 14.6 Å². The van der Waals surface area contributed by atoms with E-state index < -0.39 is 5.97 Å². The lowest BCUT2D eigenvalue weighted by atomic mass is 9.89. The second kappa shape index (κ2) is 10.5. The van der Waals surface area contributed by atoms with E-state index in [9.17, 15) is 9.59 Å². The molecule has 0 aromatic heterocycles. The number of rotatable bonds is 8. The molecule has 4 rings (SSSR count). The number of amides is 1. The lowest BCUT2D eigenvalue weighted by Gasteiger charge is -2.38. The Bertz CT molecular complexity index is 611. The van der Waals surface area contributed by atoms with Crippen LogP contribution in [-0.2, 0) is 9.53 Å². The second-order valence-electron chi connectivity index (χ2n) is 10.0. The summed E-state index contributed by atoms with van der Waals surface area (Å²) in [4.78, 5) is 31.9. The van der Waals surface area contributed by atoms with Gasteiger partial charge in [-0.15, -0.1) is 0 Å². The summed E-state index contributed by atoms with van der Waals surface area (Å²) in [6, 6.07) is 0.949. The van der Waals surface area contributed by atoms with Crippen LogP contribution in [0.2, 0.25) is 0 Å². The van der Waals surface area contributed by atoms with Crippen molar-refractivity contribution in [1.29, 1.82) is 0 Å². The molecule has 0 aromatic rings. The zero-order valence-corrected chi connectivity index (χ0v) is 19.1. The van der Waals surface area contributed by atoms with E-state index in [0.717, 1.165) is 37.9 Å². The largest absolute Gasteiger partial charge is 0.480 e. The zero-order valence-electron chi connectivity index (χ0n) is 19.1. The van der Waals surface area contributed by atoms with E-state index in [2.05, 4.69) is 9.80 Å². The molecule has 1 saturated carbocycles. The fourth-order valence-corrected chi connectivity index (χ4v) is 6.10. The van der Waals surface area contributed by atoms with E-state index in [1.807, 2.05) is 11.9 Å². The molecule has 1 aliphatic carbocycles. The third-order valence-electron chi connectivity index (χ3n) is 8.06. The summed E-state index contributed by atoms with van der Waals surface area (Å²) < 4.78 is 5.73. The van der Waals surface area contributed by atoms with Crippen LogP contribution in [0.1, 0.15) is 57.8 Å². The highest BCUT2D eigenvalue weighted by atomic mass is 16.6. The number of cyclic esters (lactones) is 1. The first-order chi connectivity index (χ1) is 15.0. The number of hydrogen-bond acceptors (Lipinski definition) is 6. The van der Waals surface area contributed by atoms with Crippen LogP contribution in [0.25, 0.3) is 0 Å². The van der Waals surface area contributed by atoms with Crippen LogP contribution in [0.3, 0.4) is 0 Å². The predicted molar refractivity (Wildman–Crippen MR) is 118 cm³/mol. The lowest BCUT2D eigenvalue weighted by molar-refractivity contribution is -0.139. The second-order valence-corrected chi connectivity index (χ2v) is 10.0. The van der Waals surface area contributed by atoms with Crippen molar-refractivity contribution in [2.75, 3.05) is 52.9 Å². The minimum atomic E-state index is -0.785. The Labute approximate surface area is 186 Å². The standard InChI is InChI=1S/C23H40N4O4/c1-24-20(8-4-5-18-9-11-26(12-10-18)19-6-2-3-7-19)22(31-23(24)30)27-15-13-25(14-16-27)17-21(28)29/h18-20,22H,2-17H2,1H3,(H,28,29). The Morgan fingerprint density at radius 3 is 2.29 bits per heavy atom. The van der Waals surface area contributed by atoms with E-state index >= 15 is 0 Å². The number of carboxylic acid groups (broad SMARTS) is 1. The average Bonchev–Trinajstić information content (AvgIpc) is 3.39. The molecule has 4 aliphatic rings. The highest BCUT2D eigenvalue weighted by Crippen LogP contribution is 2.31. The number of aliphatic carboxylic acids is 1. The fraction of sp³-hybridized carbons (Fsp3) is 0.913. The van der Waals surface area contributed by atoms with Gasteiger partial charge in [-0.1, -0.05) is 25.7 Å². The third-order valence-corrected chi connectivity index (χ3v) is 8.06. The van der Waals surface area contributed by atoms with E-state index in [-0.39, 0.29) is 24.9 Å². The van der Waals surface area contributed by atoms with Crippen LogP contribution in [0.15, 0.2) is 0 Å². The minimum Gasteiger partial charge on any atom is -0.480 e. The fourth-order valence-electron chi connectivity index (χ4n) is 6.10. The van der Waals surface area contributed by atoms with Crippen molar-refractivity contribution in [2.45, 2.75) is 76.1 Å². The summed E-state index contributed by atoms with van der Waals surface area (Å²) in [6.45, 7) is 5.52. The topological polar surface area (TPSA) is 76.6 Å². The van der Waals surface area contributed by atoms with E-state index in [0.29, 0.717) is 13.1 Å². The maximum atomic E-state index is 12.3. The van der Waals surface area contributed by atoms with Crippen molar-refractivity contribution >= 4 is 12.1 Å². The molecule has 0 aromatic carbocycles. The molecule has 0 spiro atoms. The van der Waals surface area contributed by atoms with Crippen LogP contribution in [0, 0.1) is 5.92 Å². The highest BCUT2D eigenvalue weighted by molar-refractivity contribution is 5.70. The monoisotopic (exact) mass is 436 g/mol. The molecule has 3 aliphatic heterocycles. The number of likely N-dealkylation sites (N-methyl/N-ethyl adjacent to an activating group) is 1. The minimum absolute atomic E-state index is 0.0845. The highest BCUT2D eigenvalue weighted by Gasteiger charge is 2.43. The molecule has 176 valence electrons. The van der Waals surface area contributed by atoms with Gasteiger partial charge in [0.2, 0.25) is 0 Å². The molecule has 4 fully saturated rings. The van der Waals surface area contributed by atoms with Gasteiger partial charge in [0.1, 0.15) is 0 Å². The summed E-state index contributed by atoms with van der Waals surface area (Å²) in [5.41, 5.74) is 0. The predicted octanol–water partition coefficient (Wildman–Crippen LogP) is 2.29. The van der Waals surface area contributed by atoms with E-state index in [1.165, 1.54) is 58.0 Å². The smallest absolute Gasteiger partial charge is 0.411 e. The molecule has 31 heavy (non-hydrogen) atoms. The van der Waals surface area contributed by atoms with Crippen molar-refractivity contribution in [1.82, 2.24) is 19.6 Å². The molecule has 1 amide bonds. The summed E-state index contributed by atoms with van der Waals surface area (Å²) in [7, 11) is 1.85. The quantitative estimate of drug-likeness (QED) is 0.626. The molecule has 2 atom stereocenters. The Morgan fingerprint density at radius 2 is 1.65 bits per heavy atom. The molecular formula is C23H40N4O4. The SMILES string of the molecule is CN1C(=O)OC(N2CCN(CC(=O)O)CC2)C1CCCC1CCN(C2CCCC2)CC1. The molecule has 8 nitrogen and oxygen atoms in total. The summed E-state index contributed by atoms with van der Waals surface area (Å²) in [6.07, 6.45) is 11.2. The molecule has 3 heterocycles. The number of ether oxygens (including phenoxy) is 1. The Morgan fingerprint density at radius 1 is 0.968 bits per heavy atom. The first-order valence-electron chi connectivity index (χ1n) is 12.4. The van der Waals surface area contributed by atoms with E-state index in [1.54, 1.807) is 4.90 Å². The molecule has 2 unspecified atom stereocenters. The van der Waals surface area contributed by atoms with Gasteiger partial charge in [-0.25, -0.2) is 4.79 Å². The van der Waals surface area contributed by atoms with Crippen molar-refractivity contribution in [3.8, 4) is 0 Å². The van der Waals surface area contributed by atoms with Gasteiger partial charge in [-0.05, 0) is 51.1 Å². The maximum absolute atomic E-state index is 12.3. The summed E-state index contributed by atoms with van der Waals surface area (Å²) in [5.74, 6) is 0.0337. The third kappa shape index (κ3) is 5.71. The number of carboxylic acids is 1. The summed E-state index contributed by atoms with van der Waals surface area (Å²) in [5, 5.41) is 8.99. The van der Waals surface area contributed by atoms with Crippen LogP contribution in [-0.4, -0.2) is 108 Å². The zero-order chi connectivity index (χ0) is 21.8.